The molecule has 2 atom stereocenters. The number of carbonyl (C=O) groups excluding carboxylic acids is 1. The molecule has 152 valence electrons. The highest BCUT2D eigenvalue weighted by Crippen LogP contribution is 2.39. The summed E-state index contributed by atoms with van der Waals surface area (Å²) in [5, 5.41) is 18.0. The molecule has 0 spiro atoms. The van der Waals surface area contributed by atoms with Gasteiger partial charge in [-0.1, -0.05) is 39.9 Å². The van der Waals surface area contributed by atoms with Crippen molar-refractivity contribution in [3.05, 3.63) is 43.0 Å². The molecular weight excluding hydrogens is 468 g/mol. The molecule has 0 N–H and O–H groups in total. The van der Waals surface area contributed by atoms with Gasteiger partial charge in [-0.25, -0.2) is 9.69 Å². The molecule has 0 aliphatic carbocycles. The molecule has 1 saturated heterocycles. The molecule has 2 unspecified atom stereocenters. The van der Waals surface area contributed by atoms with Crippen molar-refractivity contribution in [3.63, 3.8) is 0 Å². The number of hydrogen-bond donors (Lipinski definition) is 0. The molecule has 1 aliphatic rings. The van der Waals surface area contributed by atoms with Crippen molar-refractivity contribution in [2.24, 2.45) is 0 Å². The number of benzene rings is 1. The first-order chi connectivity index (χ1) is 12.9. The molecule has 3 rings (SSSR count). The summed E-state index contributed by atoms with van der Waals surface area (Å²) < 4.78 is 42.2. The average Bonchev–Trinajstić information content (AvgIpc) is 3.18. The molecule has 0 radical (unpaired) electrons. The number of halogens is 6. The Hall–Kier alpha value is -1.21. The predicted molar refractivity (Wildman–Crippen MR) is 98.2 cm³/mol. The highest BCUT2D eigenvalue weighted by molar-refractivity contribution is 7.15. The maximum Gasteiger partial charge on any atom is 0.445 e. The van der Waals surface area contributed by atoms with Gasteiger partial charge in [0.25, 0.3) is 6.23 Å². The third-order valence-corrected chi connectivity index (χ3v) is 6.10. The Morgan fingerprint density at radius 2 is 1.93 bits per heavy atom. The number of rotatable bonds is 3. The number of hydrogen-bond acceptors (Lipinski definition) is 7. The van der Waals surface area contributed by atoms with E-state index < -0.39 is 33.2 Å². The Morgan fingerprint density at radius 3 is 2.46 bits per heavy atom. The van der Waals surface area contributed by atoms with Gasteiger partial charge in [-0.05, 0) is 30.5 Å². The van der Waals surface area contributed by atoms with Crippen LogP contribution in [0, 0.1) is 5.21 Å². The van der Waals surface area contributed by atoms with Crippen molar-refractivity contribution >= 4 is 57.2 Å². The van der Waals surface area contributed by atoms with Crippen molar-refractivity contribution in [3.8, 4) is 0 Å². The van der Waals surface area contributed by atoms with Gasteiger partial charge in [0.05, 0.1) is 27.2 Å². The fourth-order valence-corrected chi connectivity index (χ4v) is 3.94. The van der Waals surface area contributed by atoms with Gasteiger partial charge in [-0.3, -0.25) is 4.65 Å². The van der Waals surface area contributed by atoms with E-state index in [1.807, 2.05) is 0 Å². The molecule has 7 nitrogen and oxygen atoms in total. The number of esters is 1. The second kappa shape index (κ2) is 7.56. The van der Waals surface area contributed by atoms with Gasteiger partial charge in [0.1, 0.15) is 6.67 Å². The summed E-state index contributed by atoms with van der Waals surface area (Å²) in [4.78, 5) is 13.9. The highest BCUT2D eigenvalue weighted by atomic mass is 35.5. The molecule has 1 aromatic carbocycles. The predicted octanol–water partition coefficient (Wildman–Crippen LogP) is 4.41. The SMILES string of the molecule is CN1CC(OC(=O)c2cc(Cl)c(Cl)c(Cl)c2)[N+]([O-])(c2nnc(C(F)(F)F)s2)C1. The molecule has 1 aliphatic heterocycles. The van der Waals surface area contributed by atoms with Gasteiger partial charge in [0, 0.05) is 0 Å². The summed E-state index contributed by atoms with van der Waals surface area (Å²) in [7, 11) is 1.56. The maximum atomic E-state index is 13.2. The summed E-state index contributed by atoms with van der Waals surface area (Å²) >= 11 is 17.7. The average molecular weight is 478 g/mol. The van der Waals surface area contributed by atoms with Crippen LogP contribution in [0.4, 0.5) is 18.3 Å². The molecular formula is C14H10Cl3F3N4O3S. The Labute approximate surface area is 175 Å². The van der Waals surface area contributed by atoms with E-state index in [2.05, 4.69) is 10.2 Å². The Morgan fingerprint density at radius 1 is 1.32 bits per heavy atom. The van der Waals surface area contributed by atoms with Crippen molar-refractivity contribution < 1.29 is 22.7 Å². The van der Waals surface area contributed by atoms with Crippen LogP contribution >= 0.6 is 46.1 Å². The summed E-state index contributed by atoms with van der Waals surface area (Å²) in [6.07, 6.45) is -6.09. The second-order valence-corrected chi connectivity index (χ2v) is 8.13. The second-order valence-electron chi connectivity index (χ2n) is 5.98. The van der Waals surface area contributed by atoms with Crippen molar-refractivity contribution in [1.82, 2.24) is 19.7 Å². The Balaban J connectivity index is 1.88. The van der Waals surface area contributed by atoms with Gasteiger partial charge in [0.15, 0.2) is 0 Å². The van der Waals surface area contributed by atoms with Crippen LogP contribution < -0.4 is 4.65 Å². The zero-order valence-electron chi connectivity index (χ0n) is 13.8. The standard InChI is InChI=1S/C14H10Cl3F3N4O3S/c1-23-4-9(27-11(25)6-2-7(15)10(17)8(16)3-6)24(26,5-23)13-22-21-12(28-13)14(18,19)20/h2-3,9H,4-5H2,1H3. The first kappa shape index (κ1) is 21.5. The summed E-state index contributed by atoms with van der Waals surface area (Å²) in [6.45, 7) is -0.294. The third-order valence-electron chi connectivity index (χ3n) is 3.83. The van der Waals surface area contributed by atoms with Crippen LogP contribution in [0.15, 0.2) is 12.1 Å². The number of nitrogens with zero attached hydrogens (tertiary/aromatic N) is 4. The number of quaternary nitrogens is 1. The number of alkyl halides is 3. The van der Waals surface area contributed by atoms with E-state index in [0.29, 0.717) is 0 Å². The topological polar surface area (TPSA) is 78.4 Å². The summed E-state index contributed by atoms with van der Waals surface area (Å²) in [6, 6.07) is 2.42. The molecule has 0 bridgehead atoms. The quantitative estimate of drug-likeness (QED) is 0.282. The lowest BCUT2D eigenvalue weighted by Gasteiger charge is -2.38. The minimum Gasteiger partial charge on any atom is -0.622 e. The van der Waals surface area contributed by atoms with Gasteiger partial charge in [0.2, 0.25) is 5.01 Å². The van der Waals surface area contributed by atoms with Gasteiger partial charge < -0.3 is 9.94 Å². The van der Waals surface area contributed by atoms with Crippen LogP contribution in [0.3, 0.4) is 0 Å². The lowest BCUT2D eigenvalue weighted by Crippen LogP contribution is -2.50. The summed E-state index contributed by atoms with van der Waals surface area (Å²) in [5.41, 5.74) is -0.0613. The van der Waals surface area contributed by atoms with Gasteiger partial charge in [-0.15, -0.1) is 5.10 Å². The number of likely N-dealkylation sites (N-methyl/N-ethyl adjacent to an activating group) is 1. The van der Waals surface area contributed by atoms with E-state index in [9.17, 15) is 23.2 Å². The van der Waals surface area contributed by atoms with Crippen LogP contribution in [0.1, 0.15) is 15.4 Å². The largest absolute Gasteiger partial charge is 0.622 e. The molecule has 2 aromatic rings. The van der Waals surface area contributed by atoms with Crippen LogP contribution in [0.25, 0.3) is 0 Å². The zero-order chi connectivity index (χ0) is 20.9. The molecule has 2 heterocycles. The Bertz CT molecular complexity index is 906. The highest BCUT2D eigenvalue weighted by Gasteiger charge is 2.47. The van der Waals surface area contributed by atoms with Crippen molar-refractivity contribution in [2.75, 3.05) is 20.3 Å². The molecule has 0 amide bonds. The fraction of sp³-hybridized carbons (Fsp3) is 0.357. The molecule has 28 heavy (non-hydrogen) atoms. The van der Waals surface area contributed by atoms with Crippen LogP contribution in [0.5, 0.6) is 0 Å². The van der Waals surface area contributed by atoms with Gasteiger partial charge in [-0.2, -0.15) is 13.2 Å². The van der Waals surface area contributed by atoms with E-state index >= 15 is 0 Å². The number of ether oxygens (including phenoxy) is 1. The maximum absolute atomic E-state index is 13.2. The number of aromatic nitrogens is 2. The summed E-state index contributed by atoms with van der Waals surface area (Å²) in [5.74, 6) is -0.931. The van der Waals surface area contributed by atoms with Gasteiger partial charge >= 0.3 is 17.3 Å². The van der Waals surface area contributed by atoms with Crippen molar-refractivity contribution in [1.29, 1.82) is 0 Å². The first-order valence-corrected chi connectivity index (χ1v) is 9.41. The van der Waals surface area contributed by atoms with E-state index in [-0.39, 0.29) is 45.2 Å². The number of hydroxylamine groups is 2. The smallest absolute Gasteiger partial charge is 0.445 e. The monoisotopic (exact) mass is 476 g/mol. The van der Waals surface area contributed by atoms with E-state index in [4.69, 9.17) is 39.5 Å². The molecule has 14 heteroatoms. The molecule has 0 saturated carbocycles. The fourth-order valence-electron chi connectivity index (χ4n) is 2.56. The molecule has 1 fully saturated rings. The molecule has 1 aromatic heterocycles. The van der Waals surface area contributed by atoms with Crippen LogP contribution in [-0.2, 0) is 10.9 Å². The first-order valence-electron chi connectivity index (χ1n) is 7.46. The lowest BCUT2D eigenvalue weighted by atomic mass is 10.2. The minimum atomic E-state index is -4.73. The zero-order valence-corrected chi connectivity index (χ0v) is 16.9. The third kappa shape index (κ3) is 4.06. The van der Waals surface area contributed by atoms with E-state index in [1.165, 1.54) is 17.0 Å². The van der Waals surface area contributed by atoms with E-state index in [1.54, 1.807) is 7.05 Å². The van der Waals surface area contributed by atoms with E-state index in [0.717, 1.165) is 0 Å². The van der Waals surface area contributed by atoms with Crippen molar-refractivity contribution in [2.45, 2.75) is 12.4 Å². The van der Waals surface area contributed by atoms with Crippen LogP contribution in [0.2, 0.25) is 15.1 Å². The normalized spacial score (nSPS) is 23.2. The minimum absolute atomic E-state index is 0.00600. The number of carbonyl (C=O) groups is 1. The Kier molecular flexibility index (Phi) is 5.80. The van der Waals surface area contributed by atoms with Crippen LogP contribution in [-0.4, -0.2) is 47.6 Å². The lowest BCUT2D eigenvalue weighted by molar-refractivity contribution is -0.138.